The van der Waals surface area contributed by atoms with E-state index in [2.05, 4.69) is 10.4 Å². The number of carbonyl (C=O) groups excluding carboxylic acids is 1. The normalized spacial score (nSPS) is 17.9. The Morgan fingerprint density at radius 1 is 1.20 bits per heavy atom. The first-order valence-corrected chi connectivity index (χ1v) is 11.3. The van der Waals surface area contributed by atoms with E-state index in [4.69, 9.17) is 9.47 Å². The van der Waals surface area contributed by atoms with Crippen LogP contribution >= 0.6 is 0 Å². The maximum atomic E-state index is 13.1. The minimum Gasteiger partial charge on any atom is -0.496 e. The first kappa shape index (κ1) is 20.3. The third-order valence-electron chi connectivity index (χ3n) is 5.44. The number of nitrogens with zero attached hydrogens (tertiary/aromatic N) is 3. The highest BCUT2D eigenvalue weighted by Crippen LogP contribution is 2.35. The van der Waals surface area contributed by atoms with Gasteiger partial charge in [0, 0.05) is 18.5 Å². The molecular weight excluding hydrogens is 408 g/mol. The van der Waals surface area contributed by atoms with Gasteiger partial charge in [-0.25, -0.2) is 13.1 Å². The van der Waals surface area contributed by atoms with E-state index in [1.165, 1.54) is 0 Å². The molecule has 1 aliphatic rings. The molecule has 1 amide bonds. The van der Waals surface area contributed by atoms with Crippen LogP contribution in [-0.2, 0) is 16.9 Å². The van der Waals surface area contributed by atoms with Crippen LogP contribution in [-0.4, -0.2) is 54.4 Å². The van der Waals surface area contributed by atoms with Crippen molar-refractivity contribution in [3.8, 4) is 11.5 Å². The molecule has 0 aliphatic carbocycles. The highest BCUT2D eigenvalue weighted by molar-refractivity contribution is 7.91. The predicted molar refractivity (Wildman–Crippen MR) is 113 cm³/mol. The van der Waals surface area contributed by atoms with E-state index in [0.717, 1.165) is 10.9 Å². The Labute approximate surface area is 174 Å². The lowest BCUT2D eigenvalue weighted by molar-refractivity contribution is 0.101. The van der Waals surface area contributed by atoms with Crippen LogP contribution in [0.2, 0.25) is 0 Å². The summed E-state index contributed by atoms with van der Waals surface area (Å²) in [7, 11) is 1.86. The highest BCUT2D eigenvalue weighted by Gasteiger charge is 2.31. The van der Waals surface area contributed by atoms with E-state index >= 15 is 0 Å². The number of ether oxygens (including phenoxy) is 2. The minimum atomic E-state index is -3.08. The molecule has 4 rings (SSSR count). The molecule has 1 aromatic carbocycles. The number of rotatable bonds is 5. The average molecular weight is 433 g/mol. The molecular formula is C20H24N4O5S. The molecule has 0 bridgehead atoms. The second-order valence-electron chi connectivity index (χ2n) is 7.45. The predicted octanol–water partition coefficient (Wildman–Crippen LogP) is 2.31. The Hall–Kier alpha value is -3.01. The van der Waals surface area contributed by atoms with E-state index in [1.54, 1.807) is 54.8 Å². The van der Waals surface area contributed by atoms with Crippen molar-refractivity contribution in [3.63, 3.8) is 0 Å². The summed E-state index contributed by atoms with van der Waals surface area (Å²) in [5.74, 6) is 1.57. The number of hydrogen-bond acceptors (Lipinski definition) is 6. The van der Waals surface area contributed by atoms with Gasteiger partial charge < -0.3 is 19.4 Å². The van der Waals surface area contributed by atoms with E-state index < -0.39 is 9.84 Å². The molecule has 30 heavy (non-hydrogen) atoms. The molecule has 10 heteroatoms. The van der Waals surface area contributed by atoms with Crippen molar-refractivity contribution in [1.82, 2.24) is 14.3 Å². The smallest absolute Gasteiger partial charge is 0.273 e. The molecule has 0 saturated carbocycles. The maximum absolute atomic E-state index is 13.1. The number of carbonyl (C=O) groups is 1. The molecule has 160 valence electrons. The average Bonchev–Trinajstić information content (AvgIpc) is 3.36. The van der Waals surface area contributed by atoms with Gasteiger partial charge in [-0.15, -0.1) is 0 Å². The zero-order valence-corrected chi connectivity index (χ0v) is 18.1. The van der Waals surface area contributed by atoms with Gasteiger partial charge in [-0.2, -0.15) is 5.10 Å². The summed E-state index contributed by atoms with van der Waals surface area (Å²) in [6.07, 6.45) is 0.481. The molecule has 9 nitrogen and oxygen atoms in total. The molecule has 1 saturated heterocycles. The fourth-order valence-electron chi connectivity index (χ4n) is 4.01. The number of amides is 1. The van der Waals surface area contributed by atoms with Crippen LogP contribution < -0.4 is 14.8 Å². The van der Waals surface area contributed by atoms with Crippen molar-refractivity contribution >= 4 is 32.5 Å². The molecule has 1 aliphatic heterocycles. The highest BCUT2D eigenvalue weighted by atomic mass is 32.2. The standard InChI is InChI=1S/C20H24N4O5S/c1-12-9-18(24(22-12)13-7-8-30(26,27)11-13)21-20(25)15-10-14-16(28-3)5-6-17(29-4)19(14)23(15)2/h5-6,9-10,13H,7-8,11H2,1-4H3,(H,21,25)/t13-/m1/s1. The van der Waals surface area contributed by atoms with Gasteiger partial charge in [-0.3, -0.25) is 4.79 Å². The van der Waals surface area contributed by atoms with E-state index in [0.29, 0.717) is 35.1 Å². The third-order valence-corrected chi connectivity index (χ3v) is 7.19. The molecule has 3 aromatic rings. The fourth-order valence-corrected chi connectivity index (χ4v) is 5.70. The van der Waals surface area contributed by atoms with Gasteiger partial charge in [0.25, 0.3) is 5.91 Å². The number of aromatic nitrogens is 3. The zero-order valence-electron chi connectivity index (χ0n) is 17.3. The van der Waals surface area contributed by atoms with E-state index in [9.17, 15) is 13.2 Å². The van der Waals surface area contributed by atoms with Crippen LogP contribution in [0.3, 0.4) is 0 Å². The van der Waals surface area contributed by atoms with Crippen molar-refractivity contribution in [2.75, 3.05) is 31.0 Å². The lowest BCUT2D eigenvalue weighted by atomic mass is 10.2. The van der Waals surface area contributed by atoms with Gasteiger partial charge in [-0.05, 0) is 31.5 Å². The number of benzene rings is 1. The first-order valence-electron chi connectivity index (χ1n) is 9.52. The Balaban J connectivity index is 1.71. The number of hydrogen-bond donors (Lipinski definition) is 1. The molecule has 0 unspecified atom stereocenters. The molecule has 3 heterocycles. The summed E-state index contributed by atoms with van der Waals surface area (Å²) in [5, 5.41) is 8.07. The number of methoxy groups -OCH3 is 2. The molecule has 2 aromatic heterocycles. The summed E-state index contributed by atoms with van der Waals surface area (Å²) in [6.45, 7) is 1.81. The van der Waals surface area contributed by atoms with Crippen molar-refractivity contribution < 1.29 is 22.7 Å². The topological polar surface area (TPSA) is 104 Å². The van der Waals surface area contributed by atoms with Crippen molar-refractivity contribution in [2.24, 2.45) is 7.05 Å². The van der Waals surface area contributed by atoms with Gasteiger partial charge >= 0.3 is 0 Å². The third kappa shape index (κ3) is 3.41. The SMILES string of the molecule is COc1ccc(OC)c2c1cc(C(=O)Nc1cc(C)nn1[C@@H]1CCS(=O)(=O)C1)n2C. The van der Waals surface area contributed by atoms with E-state index in [1.807, 2.05) is 6.92 Å². The number of aryl methyl sites for hydroxylation is 2. The maximum Gasteiger partial charge on any atom is 0.273 e. The minimum absolute atomic E-state index is 0.0272. The largest absolute Gasteiger partial charge is 0.496 e. The molecule has 1 N–H and O–H groups in total. The van der Waals surface area contributed by atoms with Gasteiger partial charge in [-0.1, -0.05) is 0 Å². The monoisotopic (exact) mass is 432 g/mol. The number of nitrogens with one attached hydrogen (secondary N) is 1. The van der Waals surface area contributed by atoms with Crippen LogP contribution in [0.25, 0.3) is 10.9 Å². The van der Waals surface area contributed by atoms with E-state index in [-0.39, 0.29) is 23.5 Å². The fraction of sp³-hybridized carbons (Fsp3) is 0.400. The lowest BCUT2D eigenvalue weighted by Gasteiger charge is -2.14. The van der Waals surface area contributed by atoms with Gasteiger partial charge in [0.05, 0.1) is 43.0 Å². The second-order valence-corrected chi connectivity index (χ2v) is 9.68. The van der Waals surface area contributed by atoms with Crippen LogP contribution in [0.5, 0.6) is 11.5 Å². The molecule has 1 atom stereocenters. The zero-order chi connectivity index (χ0) is 21.6. The Bertz CT molecular complexity index is 1240. The summed E-state index contributed by atoms with van der Waals surface area (Å²) >= 11 is 0. The van der Waals surface area contributed by atoms with Gasteiger partial charge in [0.2, 0.25) is 0 Å². The van der Waals surface area contributed by atoms with Crippen LogP contribution in [0.4, 0.5) is 5.82 Å². The van der Waals surface area contributed by atoms with Crippen LogP contribution in [0, 0.1) is 6.92 Å². The number of sulfone groups is 1. The van der Waals surface area contributed by atoms with Gasteiger partial charge in [0.15, 0.2) is 9.84 Å². The molecule has 0 radical (unpaired) electrons. The lowest BCUT2D eigenvalue weighted by Crippen LogP contribution is -2.21. The van der Waals surface area contributed by atoms with Crippen LogP contribution in [0.1, 0.15) is 28.6 Å². The van der Waals surface area contributed by atoms with Crippen molar-refractivity contribution in [3.05, 3.63) is 35.7 Å². The summed E-state index contributed by atoms with van der Waals surface area (Å²) in [4.78, 5) is 13.1. The van der Waals surface area contributed by atoms with Crippen LogP contribution in [0.15, 0.2) is 24.3 Å². The van der Waals surface area contributed by atoms with Crippen molar-refractivity contribution in [1.29, 1.82) is 0 Å². The molecule has 1 fully saturated rings. The summed E-state index contributed by atoms with van der Waals surface area (Å²) < 4.78 is 38.0. The number of anilines is 1. The first-order chi connectivity index (χ1) is 14.2. The number of fused-ring (bicyclic) bond motifs is 1. The van der Waals surface area contributed by atoms with Gasteiger partial charge in [0.1, 0.15) is 23.0 Å². The Morgan fingerprint density at radius 2 is 1.90 bits per heavy atom. The quantitative estimate of drug-likeness (QED) is 0.663. The van der Waals surface area contributed by atoms with Crippen molar-refractivity contribution in [2.45, 2.75) is 19.4 Å². The second kappa shape index (κ2) is 7.35. The Morgan fingerprint density at radius 3 is 2.53 bits per heavy atom. The Kier molecular flexibility index (Phi) is 4.97. The molecule has 0 spiro atoms. The summed E-state index contributed by atoms with van der Waals surface area (Å²) in [5.41, 5.74) is 1.86. The summed E-state index contributed by atoms with van der Waals surface area (Å²) in [6, 6.07) is 6.79.